The predicted octanol–water partition coefficient (Wildman–Crippen LogP) is 1.25. The Morgan fingerprint density at radius 2 is 2.00 bits per heavy atom. The summed E-state index contributed by atoms with van der Waals surface area (Å²) in [6.07, 6.45) is 2.68. The fourth-order valence-electron chi connectivity index (χ4n) is 2.15. The van der Waals surface area contributed by atoms with E-state index >= 15 is 0 Å². The highest BCUT2D eigenvalue weighted by Gasteiger charge is 2.24. The van der Waals surface area contributed by atoms with Gasteiger partial charge in [0.1, 0.15) is 0 Å². The minimum absolute atomic E-state index is 0.0000853. The summed E-state index contributed by atoms with van der Waals surface area (Å²) in [6, 6.07) is 0. The smallest absolute Gasteiger partial charge is 0.222 e. The van der Waals surface area contributed by atoms with Crippen LogP contribution in [0.5, 0.6) is 0 Å². The minimum Gasteiger partial charge on any atom is -0.381 e. The molecule has 0 saturated carbocycles. The van der Waals surface area contributed by atoms with E-state index in [-0.39, 0.29) is 11.3 Å². The third-order valence-corrected chi connectivity index (χ3v) is 3.45. The molecule has 17 heavy (non-hydrogen) atoms. The van der Waals surface area contributed by atoms with Crippen LogP contribution < -0.4 is 5.73 Å². The number of carbonyl (C=O) groups excluding carboxylic acids is 1. The number of nitrogens with zero attached hydrogens (tertiary/aromatic N) is 1. The second-order valence-electron chi connectivity index (χ2n) is 5.88. The lowest BCUT2D eigenvalue weighted by Gasteiger charge is -2.30. The Balaban J connectivity index is 2.35. The van der Waals surface area contributed by atoms with Crippen molar-refractivity contribution in [1.82, 2.24) is 4.90 Å². The van der Waals surface area contributed by atoms with Gasteiger partial charge in [0.15, 0.2) is 0 Å². The number of carbonyl (C=O) groups is 1. The maximum Gasteiger partial charge on any atom is 0.222 e. The van der Waals surface area contributed by atoms with Crippen LogP contribution in [0.25, 0.3) is 0 Å². The fourth-order valence-corrected chi connectivity index (χ4v) is 2.15. The SMILES string of the molecule is CN(CC(C)(C)CN)C(=O)CC1CCOCC1. The van der Waals surface area contributed by atoms with Gasteiger partial charge in [0.05, 0.1) is 0 Å². The quantitative estimate of drug-likeness (QED) is 0.789. The molecule has 1 saturated heterocycles. The van der Waals surface area contributed by atoms with E-state index in [1.165, 1.54) is 0 Å². The molecule has 0 radical (unpaired) electrons. The van der Waals surface area contributed by atoms with Crippen LogP contribution >= 0.6 is 0 Å². The molecule has 4 nitrogen and oxygen atoms in total. The van der Waals surface area contributed by atoms with Gasteiger partial charge in [-0.15, -0.1) is 0 Å². The Labute approximate surface area is 104 Å². The maximum absolute atomic E-state index is 12.0. The first-order chi connectivity index (χ1) is 7.94. The molecule has 2 N–H and O–H groups in total. The van der Waals surface area contributed by atoms with Gasteiger partial charge in [0.2, 0.25) is 5.91 Å². The van der Waals surface area contributed by atoms with Gasteiger partial charge in [-0.2, -0.15) is 0 Å². The molecule has 1 aliphatic rings. The molecule has 0 atom stereocenters. The summed E-state index contributed by atoms with van der Waals surface area (Å²) in [4.78, 5) is 13.9. The summed E-state index contributed by atoms with van der Waals surface area (Å²) in [5.74, 6) is 0.734. The Hall–Kier alpha value is -0.610. The second-order valence-corrected chi connectivity index (χ2v) is 5.88. The number of nitrogens with two attached hydrogens (primary N) is 1. The molecule has 1 rings (SSSR count). The molecule has 0 spiro atoms. The molecule has 0 aliphatic carbocycles. The fraction of sp³-hybridized carbons (Fsp3) is 0.923. The Bertz CT molecular complexity index is 248. The number of amides is 1. The van der Waals surface area contributed by atoms with Gasteiger partial charge in [-0.3, -0.25) is 4.79 Å². The van der Waals surface area contributed by atoms with E-state index in [9.17, 15) is 4.79 Å². The molecule has 0 aromatic heterocycles. The van der Waals surface area contributed by atoms with Crippen LogP contribution in [0, 0.1) is 11.3 Å². The predicted molar refractivity (Wildman–Crippen MR) is 68.6 cm³/mol. The van der Waals surface area contributed by atoms with Crippen molar-refractivity contribution in [1.29, 1.82) is 0 Å². The summed E-state index contributed by atoms with van der Waals surface area (Å²) in [5.41, 5.74) is 5.68. The van der Waals surface area contributed by atoms with E-state index in [1.807, 2.05) is 11.9 Å². The average Bonchev–Trinajstić information content (AvgIpc) is 2.30. The van der Waals surface area contributed by atoms with E-state index in [1.54, 1.807) is 0 Å². The monoisotopic (exact) mass is 242 g/mol. The second kappa shape index (κ2) is 6.36. The molecule has 1 heterocycles. The molecule has 1 amide bonds. The zero-order valence-electron chi connectivity index (χ0n) is 11.4. The zero-order valence-corrected chi connectivity index (χ0v) is 11.4. The lowest BCUT2D eigenvalue weighted by Crippen LogP contribution is -2.40. The number of hydrogen-bond donors (Lipinski definition) is 1. The molecule has 1 fully saturated rings. The van der Waals surface area contributed by atoms with E-state index in [4.69, 9.17) is 10.5 Å². The number of rotatable bonds is 5. The van der Waals surface area contributed by atoms with Crippen LogP contribution in [0.15, 0.2) is 0 Å². The summed E-state index contributed by atoms with van der Waals surface area (Å²) >= 11 is 0. The molecular formula is C13H26N2O2. The third-order valence-electron chi connectivity index (χ3n) is 3.45. The van der Waals surface area contributed by atoms with E-state index in [0.29, 0.717) is 18.9 Å². The first kappa shape index (κ1) is 14.5. The molecule has 0 aromatic rings. The van der Waals surface area contributed by atoms with Crippen molar-refractivity contribution in [2.24, 2.45) is 17.1 Å². The van der Waals surface area contributed by atoms with Crippen LogP contribution in [0.3, 0.4) is 0 Å². The molecule has 0 bridgehead atoms. The van der Waals surface area contributed by atoms with Crippen molar-refractivity contribution >= 4 is 5.91 Å². The van der Waals surface area contributed by atoms with Crippen molar-refractivity contribution in [3.63, 3.8) is 0 Å². The van der Waals surface area contributed by atoms with Crippen LogP contribution in [0.4, 0.5) is 0 Å². The zero-order chi connectivity index (χ0) is 12.9. The van der Waals surface area contributed by atoms with Gasteiger partial charge in [0.25, 0.3) is 0 Å². The summed E-state index contributed by atoms with van der Waals surface area (Å²) in [7, 11) is 1.87. The lowest BCUT2D eigenvalue weighted by atomic mass is 9.92. The van der Waals surface area contributed by atoms with Crippen LogP contribution in [0.2, 0.25) is 0 Å². The Kier molecular flexibility index (Phi) is 5.40. The summed E-state index contributed by atoms with van der Waals surface area (Å²) in [6.45, 7) is 7.11. The topological polar surface area (TPSA) is 55.6 Å². The van der Waals surface area contributed by atoms with Gasteiger partial charge in [0, 0.05) is 33.2 Å². The first-order valence-corrected chi connectivity index (χ1v) is 6.46. The Morgan fingerprint density at radius 1 is 1.41 bits per heavy atom. The molecule has 100 valence electrons. The first-order valence-electron chi connectivity index (χ1n) is 6.46. The van der Waals surface area contributed by atoms with Gasteiger partial charge < -0.3 is 15.4 Å². The maximum atomic E-state index is 12.0. The van der Waals surface area contributed by atoms with E-state index in [2.05, 4.69) is 13.8 Å². The summed E-state index contributed by atoms with van der Waals surface area (Å²) < 4.78 is 5.30. The van der Waals surface area contributed by atoms with Crippen molar-refractivity contribution in [2.75, 3.05) is 33.4 Å². The third kappa shape index (κ3) is 5.04. The average molecular weight is 242 g/mol. The number of hydrogen-bond acceptors (Lipinski definition) is 3. The molecule has 0 aromatic carbocycles. The van der Waals surface area contributed by atoms with Gasteiger partial charge in [-0.1, -0.05) is 13.8 Å². The van der Waals surface area contributed by atoms with E-state index < -0.39 is 0 Å². The molecule has 4 heteroatoms. The minimum atomic E-state index is 0.0000853. The van der Waals surface area contributed by atoms with Crippen molar-refractivity contribution in [2.45, 2.75) is 33.1 Å². The highest BCUT2D eigenvalue weighted by atomic mass is 16.5. The summed E-state index contributed by atoms with van der Waals surface area (Å²) in [5, 5.41) is 0. The largest absolute Gasteiger partial charge is 0.381 e. The lowest BCUT2D eigenvalue weighted by molar-refractivity contribution is -0.132. The Morgan fingerprint density at radius 3 is 2.53 bits per heavy atom. The molecule has 1 aliphatic heterocycles. The van der Waals surface area contributed by atoms with Gasteiger partial charge in [-0.05, 0) is 30.7 Å². The highest BCUT2D eigenvalue weighted by molar-refractivity contribution is 5.76. The van der Waals surface area contributed by atoms with E-state index in [0.717, 1.165) is 32.6 Å². The van der Waals surface area contributed by atoms with Crippen molar-refractivity contribution < 1.29 is 9.53 Å². The van der Waals surface area contributed by atoms with Crippen molar-refractivity contribution in [3.8, 4) is 0 Å². The van der Waals surface area contributed by atoms with Crippen LogP contribution in [-0.4, -0.2) is 44.2 Å². The van der Waals surface area contributed by atoms with Gasteiger partial charge >= 0.3 is 0 Å². The highest BCUT2D eigenvalue weighted by Crippen LogP contribution is 2.20. The van der Waals surface area contributed by atoms with Crippen LogP contribution in [0.1, 0.15) is 33.1 Å². The molecular weight excluding hydrogens is 216 g/mol. The molecule has 0 unspecified atom stereocenters. The van der Waals surface area contributed by atoms with Gasteiger partial charge in [-0.25, -0.2) is 0 Å². The van der Waals surface area contributed by atoms with Crippen molar-refractivity contribution in [3.05, 3.63) is 0 Å². The number of ether oxygens (including phenoxy) is 1. The normalized spacial score (nSPS) is 18.1. The standard InChI is InChI=1S/C13H26N2O2/c1-13(2,9-14)10-15(3)12(16)8-11-4-6-17-7-5-11/h11H,4-10,14H2,1-3H3. The van der Waals surface area contributed by atoms with Crippen LogP contribution in [-0.2, 0) is 9.53 Å².